The summed E-state index contributed by atoms with van der Waals surface area (Å²) in [6.07, 6.45) is -1.55. The highest BCUT2D eigenvalue weighted by Crippen LogP contribution is 2.44. The summed E-state index contributed by atoms with van der Waals surface area (Å²) in [7, 11) is 0. The topological polar surface area (TPSA) is 104 Å². The summed E-state index contributed by atoms with van der Waals surface area (Å²) >= 11 is 0. The van der Waals surface area contributed by atoms with Crippen LogP contribution in [0.4, 0.5) is 0 Å². The van der Waals surface area contributed by atoms with Gasteiger partial charge in [0.05, 0.1) is 12.5 Å². The highest BCUT2D eigenvalue weighted by Gasteiger charge is 2.60. The summed E-state index contributed by atoms with van der Waals surface area (Å²) in [6.45, 7) is 4.29. The molecule has 4 atom stereocenters. The largest absolute Gasteiger partial charge is 0.481 e. The zero-order valence-electron chi connectivity index (χ0n) is 9.43. The summed E-state index contributed by atoms with van der Waals surface area (Å²) < 4.78 is 5.30. The SMILES string of the molecule is C[C@@H]1[C@@H](O)[C@](C)(CC(=O)O)O[C@]1(C)C(=O)O. The Morgan fingerprint density at radius 2 is 1.81 bits per heavy atom. The second-order valence-corrected chi connectivity index (χ2v) is 4.63. The van der Waals surface area contributed by atoms with E-state index in [0.717, 1.165) is 0 Å². The molecule has 3 N–H and O–H groups in total. The maximum Gasteiger partial charge on any atom is 0.336 e. The number of hydrogen-bond donors (Lipinski definition) is 3. The van der Waals surface area contributed by atoms with Gasteiger partial charge in [-0.15, -0.1) is 0 Å². The quantitative estimate of drug-likeness (QED) is 0.637. The van der Waals surface area contributed by atoms with Crippen molar-refractivity contribution >= 4 is 11.9 Å². The van der Waals surface area contributed by atoms with Crippen LogP contribution in [0.2, 0.25) is 0 Å². The van der Waals surface area contributed by atoms with E-state index in [0.29, 0.717) is 0 Å². The van der Waals surface area contributed by atoms with Crippen molar-refractivity contribution in [1.82, 2.24) is 0 Å². The van der Waals surface area contributed by atoms with Crippen LogP contribution in [0, 0.1) is 5.92 Å². The van der Waals surface area contributed by atoms with Crippen LogP contribution in [0.1, 0.15) is 27.2 Å². The van der Waals surface area contributed by atoms with Crippen LogP contribution in [0.3, 0.4) is 0 Å². The van der Waals surface area contributed by atoms with E-state index in [4.69, 9.17) is 14.9 Å². The van der Waals surface area contributed by atoms with E-state index < -0.39 is 41.6 Å². The van der Waals surface area contributed by atoms with Crippen molar-refractivity contribution in [3.05, 3.63) is 0 Å². The average molecular weight is 232 g/mol. The molecule has 0 spiro atoms. The highest BCUT2D eigenvalue weighted by molar-refractivity contribution is 5.78. The lowest BCUT2D eigenvalue weighted by Crippen LogP contribution is -2.42. The van der Waals surface area contributed by atoms with Gasteiger partial charge in [0.15, 0.2) is 5.60 Å². The van der Waals surface area contributed by atoms with Gasteiger partial charge in [0.1, 0.15) is 5.60 Å². The van der Waals surface area contributed by atoms with E-state index in [1.54, 1.807) is 0 Å². The highest BCUT2D eigenvalue weighted by atomic mass is 16.6. The molecule has 0 aliphatic carbocycles. The maximum atomic E-state index is 11.1. The van der Waals surface area contributed by atoms with Crippen molar-refractivity contribution in [1.29, 1.82) is 0 Å². The van der Waals surface area contributed by atoms with E-state index in [-0.39, 0.29) is 0 Å². The van der Waals surface area contributed by atoms with Crippen LogP contribution < -0.4 is 0 Å². The van der Waals surface area contributed by atoms with Gasteiger partial charge in [0.2, 0.25) is 0 Å². The summed E-state index contributed by atoms with van der Waals surface area (Å²) in [5.74, 6) is -3.01. The van der Waals surface area contributed by atoms with Crippen LogP contribution in [-0.4, -0.2) is 44.6 Å². The van der Waals surface area contributed by atoms with Gasteiger partial charge in [-0.1, -0.05) is 6.92 Å². The third kappa shape index (κ3) is 1.78. The van der Waals surface area contributed by atoms with Crippen molar-refractivity contribution in [3.63, 3.8) is 0 Å². The molecule has 0 aromatic rings. The Balaban J connectivity index is 3.03. The molecule has 1 saturated heterocycles. The van der Waals surface area contributed by atoms with Gasteiger partial charge in [0, 0.05) is 5.92 Å². The Morgan fingerprint density at radius 1 is 1.31 bits per heavy atom. The fourth-order valence-electron chi connectivity index (χ4n) is 2.15. The lowest BCUT2D eigenvalue weighted by atomic mass is 9.83. The van der Waals surface area contributed by atoms with E-state index >= 15 is 0 Å². The van der Waals surface area contributed by atoms with Crippen LogP contribution in [0.15, 0.2) is 0 Å². The van der Waals surface area contributed by atoms with E-state index in [1.807, 2.05) is 0 Å². The van der Waals surface area contributed by atoms with Crippen LogP contribution in [0.5, 0.6) is 0 Å². The molecule has 16 heavy (non-hydrogen) atoms. The van der Waals surface area contributed by atoms with Crippen molar-refractivity contribution in [3.8, 4) is 0 Å². The molecule has 0 radical (unpaired) electrons. The number of aliphatic hydroxyl groups excluding tert-OH is 1. The standard InChI is InChI=1S/C10H16O6/c1-5-7(13)9(2,4-6(11)12)16-10(5,3)8(14)15/h5,7,13H,4H2,1-3H3,(H,11,12)(H,14,15)/t5-,7-,9+,10+/m1/s1. The summed E-state index contributed by atoms with van der Waals surface area (Å²) in [5.41, 5.74) is -2.91. The molecule has 6 nitrogen and oxygen atoms in total. The van der Waals surface area contributed by atoms with Gasteiger partial charge in [-0.3, -0.25) is 4.79 Å². The molecule has 0 unspecified atom stereocenters. The van der Waals surface area contributed by atoms with E-state index in [9.17, 15) is 14.7 Å². The number of carboxylic acids is 2. The molecule has 92 valence electrons. The van der Waals surface area contributed by atoms with Gasteiger partial charge in [-0.05, 0) is 13.8 Å². The number of carbonyl (C=O) groups is 2. The lowest BCUT2D eigenvalue weighted by Gasteiger charge is -2.27. The molecule has 0 amide bonds. The first kappa shape index (κ1) is 12.9. The molecule has 1 fully saturated rings. The molecular weight excluding hydrogens is 216 g/mol. The monoisotopic (exact) mass is 232 g/mol. The molecule has 6 heteroatoms. The number of carboxylic acid groups (broad SMARTS) is 2. The van der Waals surface area contributed by atoms with Crippen LogP contribution in [-0.2, 0) is 14.3 Å². The fourth-order valence-corrected chi connectivity index (χ4v) is 2.15. The smallest absolute Gasteiger partial charge is 0.336 e. The predicted molar refractivity (Wildman–Crippen MR) is 53.0 cm³/mol. The normalized spacial score (nSPS) is 43.2. The second kappa shape index (κ2) is 3.71. The Labute approximate surface area is 92.8 Å². The molecular formula is C10H16O6. The Morgan fingerprint density at radius 3 is 2.12 bits per heavy atom. The lowest BCUT2D eigenvalue weighted by molar-refractivity contribution is -0.178. The number of hydrogen-bond acceptors (Lipinski definition) is 4. The predicted octanol–water partition coefficient (Wildman–Crippen LogP) is 0.0903. The second-order valence-electron chi connectivity index (χ2n) is 4.63. The van der Waals surface area contributed by atoms with Gasteiger partial charge in [-0.2, -0.15) is 0 Å². The molecule has 0 aromatic heterocycles. The van der Waals surface area contributed by atoms with E-state index in [2.05, 4.69) is 0 Å². The van der Waals surface area contributed by atoms with E-state index in [1.165, 1.54) is 20.8 Å². The Kier molecular flexibility index (Phi) is 3.00. The minimum Gasteiger partial charge on any atom is -0.481 e. The molecule has 0 aromatic carbocycles. The molecule has 0 bridgehead atoms. The summed E-state index contributed by atoms with van der Waals surface area (Å²) in [5, 5.41) is 27.7. The minimum absolute atomic E-state index is 0.429. The minimum atomic E-state index is -1.55. The zero-order chi connectivity index (χ0) is 12.7. The van der Waals surface area contributed by atoms with Crippen molar-refractivity contribution in [2.75, 3.05) is 0 Å². The van der Waals surface area contributed by atoms with Gasteiger partial charge in [0.25, 0.3) is 0 Å². The third-order valence-electron chi connectivity index (χ3n) is 3.34. The van der Waals surface area contributed by atoms with Crippen molar-refractivity contribution in [2.24, 2.45) is 5.92 Å². The van der Waals surface area contributed by atoms with Gasteiger partial charge in [-0.25, -0.2) is 4.79 Å². The van der Waals surface area contributed by atoms with Crippen LogP contribution >= 0.6 is 0 Å². The Hall–Kier alpha value is -1.14. The first-order valence-corrected chi connectivity index (χ1v) is 4.97. The first-order valence-electron chi connectivity index (χ1n) is 4.97. The van der Waals surface area contributed by atoms with Crippen LogP contribution in [0.25, 0.3) is 0 Å². The average Bonchev–Trinajstić information content (AvgIpc) is 2.27. The molecule has 1 aliphatic heterocycles. The number of aliphatic hydroxyl groups is 1. The summed E-state index contributed by atoms with van der Waals surface area (Å²) in [6, 6.07) is 0. The number of ether oxygens (including phenoxy) is 1. The van der Waals surface area contributed by atoms with Crippen molar-refractivity contribution < 1.29 is 29.6 Å². The molecule has 0 saturated carbocycles. The third-order valence-corrected chi connectivity index (χ3v) is 3.34. The van der Waals surface area contributed by atoms with Gasteiger partial charge < -0.3 is 20.1 Å². The molecule has 1 heterocycles. The zero-order valence-corrected chi connectivity index (χ0v) is 9.43. The Bertz CT molecular complexity index is 327. The number of aliphatic carboxylic acids is 2. The first-order chi connectivity index (χ1) is 7.13. The van der Waals surface area contributed by atoms with Gasteiger partial charge >= 0.3 is 11.9 Å². The maximum absolute atomic E-state index is 11.1. The molecule has 1 rings (SSSR count). The van der Waals surface area contributed by atoms with Crippen molar-refractivity contribution in [2.45, 2.75) is 44.5 Å². The molecule has 1 aliphatic rings. The fraction of sp³-hybridized carbons (Fsp3) is 0.800. The summed E-state index contributed by atoms with van der Waals surface area (Å²) in [4.78, 5) is 21.7. The number of rotatable bonds is 3.